The second-order valence-electron chi connectivity index (χ2n) is 8.47. The first-order chi connectivity index (χ1) is 16.0. The molecule has 168 valence electrons. The highest BCUT2D eigenvalue weighted by atomic mass is 35.5. The van der Waals surface area contributed by atoms with Crippen molar-refractivity contribution in [3.8, 4) is 0 Å². The molecule has 1 aromatic carbocycles. The fourth-order valence-corrected chi connectivity index (χ4v) is 4.54. The molecule has 33 heavy (non-hydrogen) atoms. The minimum Gasteiger partial charge on any atom is -0.459 e. The zero-order chi connectivity index (χ0) is 22.8. The number of halogens is 1. The molecule has 1 saturated heterocycles. The van der Waals surface area contributed by atoms with Gasteiger partial charge in [0.25, 0.3) is 5.91 Å². The van der Waals surface area contributed by atoms with E-state index >= 15 is 0 Å². The lowest BCUT2D eigenvalue weighted by Crippen LogP contribution is -2.14. The molecule has 0 aliphatic carbocycles. The van der Waals surface area contributed by atoms with E-state index < -0.39 is 0 Å². The van der Waals surface area contributed by atoms with Gasteiger partial charge in [0.05, 0.1) is 12.0 Å². The molecule has 2 aromatic heterocycles. The van der Waals surface area contributed by atoms with Gasteiger partial charge in [-0.2, -0.15) is 0 Å². The standard InChI is InChI=1S/C25H23ClN4O3/c26-21-4-3-18(29-25(32)23-2-1-7-33-23)12-20(21)22-11-17-8-16(14-28-24(17)30-22)10-19(31)9-15-5-6-27-13-15/h1-4,7-8,12,14-15,27H,5-6,9-11,13H2,(H,29,32)/t15-/m0/s1. The summed E-state index contributed by atoms with van der Waals surface area (Å²) in [6.07, 6.45) is 5.81. The molecule has 4 heterocycles. The molecule has 2 N–H and O–H groups in total. The summed E-state index contributed by atoms with van der Waals surface area (Å²) in [7, 11) is 0. The van der Waals surface area contributed by atoms with Gasteiger partial charge in [0, 0.05) is 47.3 Å². The number of benzene rings is 1. The minimum absolute atomic E-state index is 0.229. The predicted molar refractivity (Wildman–Crippen MR) is 127 cm³/mol. The van der Waals surface area contributed by atoms with E-state index in [1.807, 2.05) is 6.07 Å². The fourth-order valence-electron chi connectivity index (χ4n) is 4.32. The van der Waals surface area contributed by atoms with Gasteiger partial charge in [0.2, 0.25) is 0 Å². The van der Waals surface area contributed by atoms with Gasteiger partial charge in [0.15, 0.2) is 11.6 Å². The predicted octanol–water partition coefficient (Wildman–Crippen LogP) is 4.37. The topological polar surface area (TPSA) is 96.6 Å². The van der Waals surface area contributed by atoms with Crippen LogP contribution in [0.5, 0.6) is 0 Å². The van der Waals surface area contributed by atoms with Gasteiger partial charge in [-0.3, -0.25) is 9.59 Å². The monoisotopic (exact) mass is 462 g/mol. The Labute approximate surface area is 196 Å². The van der Waals surface area contributed by atoms with E-state index in [0.717, 1.165) is 41.9 Å². The largest absolute Gasteiger partial charge is 0.459 e. The molecule has 0 saturated carbocycles. The van der Waals surface area contributed by atoms with Gasteiger partial charge in [-0.15, -0.1) is 0 Å². The molecule has 2 aliphatic heterocycles. The van der Waals surface area contributed by atoms with Crippen molar-refractivity contribution in [2.45, 2.75) is 25.7 Å². The Balaban J connectivity index is 1.28. The van der Waals surface area contributed by atoms with Crippen LogP contribution in [0.4, 0.5) is 11.5 Å². The number of aliphatic imine (C=N–C) groups is 1. The van der Waals surface area contributed by atoms with Crippen LogP contribution in [-0.4, -0.2) is 35.5 Å². The first kappa shape index (κ1) is 21.6. The normalized spacial score (nSPS) is 17.0. The van der Waals surface area contributed by atoms with Crippen molar-refractivity contribution in [2.75, 3.05) is 18.4 Å². The maximum absolute atomic E-state index is 12.5. The summed E-state index contributed by atoms with van der Waals surface area (Å²) in [5, 5.41) is 6.66. The van der Waals surface area contributed by atoms with Crippen LogP contribution in [0, 0.1) is 5.92 Å². The molecule has 0 radical (unpaired) electrons. The Bertz CT molecular complexity index is 1230. The summed E-state index contributed by atoms with van der Waals surface area (Å²) in [6, 6.07) is 10.5. The van der Waals surface area contributed by atoms with Crippen molar-refractivity contribution in [1.29, 1.82) is 0 Å². The van der Waals surface area contributed by atoms with Crippen molar-refractivity contribution in [3.63, 3.8) is 0 Å². The number of fused-ring (bicyclic) bond motifs is 1. The number of nitrogens with one attached hydrogen (secondary N) is 2. The van der Waals surface area contributed by atoms with Crippen molar-refractivity contribution >= 4 is 40.5 Å². The number of ketones is 1. The maximum atomic E-state index is 12.5. The molecule has 1 fully saturated rings. The summed E-state index contributed by atoms with van der Waals surface area (Å²) in [6.45, 7) is 1.92. The van der Waals surface area contributed by atoms with E-state index in [9.17, 15) is 9.59 Å². The maximum Gasteiger partial charge on any atom is 0.291 e. The van der Waals surface area contributed by atoms with Crippen molar-refractivity contribution in [2.24, 2.45) is 10.9 Å². The van der Waals surface area contributed by atoms with Crippen LogP contribution in [0.15, 0.2) is 58.3 Å². The van der Waals surface area contributed by atoms with Crippen LogP contribution >= 0.6 is 11.6 Å². The zero-order valence-electron chi connectivity index (χ0n) is 17.9. The van der Waals surface area contributed by atoms with E-state index in [2.05, 4.69) is 20.6 Å². The van der Waals surface area contributed by atoms with Crippen LogP contribution < -0.4 is 10.6 Å². The van der Waals surface area contributed by atoms with Gasteiger partial charge < -0.3 is 15.1 Å². The first-order valence-electron chi connectivity index (χ1n) is 11.0. The second-order valence-corrected chi connectivity index (χ2v) is 8.87. The third-order valence-corrected chi connectivity index (χ3v) is 6.29. The number of aromatic nitrogens is 1. The van der Waals surface area contributed by atoms with Gasteiger partial charge in [-0.25, -0.2) is 9.98 Å². The van der Waals surface area contributed by atoms with Gasteiger partial charge in [0.1, 0.15) is 5.78 Å². The Morgan fingerprint density at radius 1 is 1.24 bits per heavy atom. The SMILES string of the molecule is O=C(Cc1cnc2c(c1)CC(c1cc(NC(=O)c3ccco3)ccc1Cl)=N2)C[C@@H]1CCNC1. The minimum atomic E-state index is -0.339. The average Bonchev–Trinajstić information content (AvgIpc) is 3.56. The van der Waals surface area contributed by atoms with Crippen LogP contribution in [0.3, 0.4) is 0 Å². The van der Waals surface area contributed by atoms with Crippen LogP contribution in [0.2, 0.25) is 5.02 Å². The lowest BCUT2D eigenvalue weighted by molar-refractivity contribution is -0.119. The van der Waals surface area contributed by atoms with E-state index in [0.29, 0.717) is 41.7 Å². The highest BCUT2D eigenvalue weighted by molar-refractivity contribution is 6.34. The van der Waals surface area contributed by atoms with Crippen LogP contribution in [-0.2, 0) is 17.6 Å². The molecule has 0 bridgehead atoms. The Kier molecular flexibility index (Phi) is 6.07. The summed E-state index contributed by atoms with van der Waals surface area (Å²) in [5.74, 6) is 1.22. The molecule has 1 amide bonds. The Morgan fingerprint density at radius 2 is 2.15 bits per heavy atom. The lowest BCUT2D eigenvalue weighted by atomic mass is 9.97. The average molecular weight is 463 g/mol. The molecule has 2 aliphatic rings. The number of furan rings is 1. The summed E-state index contributed by atoms with van der Waals surface area (Å²) in [4.78, 5) is 33.9. The van der Waals surface area contributed by atoms with Crippen LogP contribution in [0.25, 0.3) is 0 Å². The highest BCUT2D eigenvalue weighted by Gasteiger charge is 2.22. The number of rotatable bonds is 7. The quantitative estimate of drug-likeness (QED) is 0.543. The molecular weight excluding hydrogens is 440 g/mol. The van der Waals surface area contributed by atoms with Crippen LogP contribution in [0.1, 0.15) is 40.1 Å². The van der Waals surface area contributed by atoms with Gasteiger partial charge in [-0.05, 0) is 67.4 Å². The third kappa shape index (κ3) is 4.89. The summed E-state index contributed by atoms with van der Waals surface area (Å²) < 4.78 is 5.14. The Hall–Kier alpha value is -3.29. The molecule has 0 spiro atoms. The highest BCUT2D eigenvalue weighted by Crippen LogP contribution is 2.31. The second kappa shape index (κ2) is 9.29. The lowest BCUT2D eigenvalue weighted by Gasteiger charge is -2.09. The zero-order valence-corrected chi connectivity index (χ0v) is 18.7. The molecular formula is C25H23ClN4O3. The third-order valence-electron chi connectivity index (χ3n) is 5.96. The molecule has 3 aromatic rings. The molecule has 8 heteroatoms. The van der Waals surface area contributed by atoms with Crippen molar-refractivity contribution < 1.29 is 14.0 Å². The van der Waals surface area contributed by atoms with E-state index in [1.165, 1.54) is 6.26 Å². The summed E-state index contributed by atoms with van der Waals surface area (Å²) >= 11 is 6.45. The number of Topliss-reactive ketones (excluding diaryl/α,β-unsaturated/α-hetero) is 1. The number of hydrogen-bond acceptors (Lipinski definition) is 6. The smallest absolute Gasteiger partial charge is 0.291 e. The van der Waals surface area contributed by atoms with Gasteiger partial charge in [-0.1, -0.05) is 11.6 Å². The van der Waals surface area contributed by atoms with Crippen molar-refractivity contribution in [3.05, 3.63) is 76.3 Å². The number of carbonyl (C=O) groups excluding carboxylic acids is 2. The van der Waals surface area contributed by atoms with Crippen molar-refractivity contribution in [1.82, 2.24) is 10.3 Å². The number of anilines is 1. The number of carbonyl (C=O) groups is 2. The fraction of sp³-hybridized carbons (Fsp3) is 0.280. The molecule has 0 unspecified atom stereocenters. The summed E-state index contributed by atoms with van der Waals surface area (Å²) in [5.41, 5.74) is 3.98. The van der Waals surface area contributed by atoms with E-state index in [-0.39, 0.29) is 17.5 Å². The number of pyridine rings is 1. The Morgan fingerprint density at radius 3 is 2.94 bits per heavy atom. The van der Waals surface area contributed by atoms with E-state index in [4.69, 9.17) is 16.0 Å². The number of hydrogen-bond donors (Lipinski definition) is 2. The van der Waals surface area contributed by atoms with E-state index in [1.54, 1.807) is 36.5 Å². The molecule has 1 atom stereocenters. The molecule has 7 nitrogen and oxygen atoms in total. The first-order valence-corrected chi connectivity index (χ1v) is 11.4. The molecule has 5 rings (SSSR count). The number of nitrogens with zero attached hydrogens (tertiary/aromatic N) is 2. The van der Waals surface area contributed by atoms with Gasteiger partial charge >= 0.3 is 0 Å². The number of amides is 1.